The summed E-state index contributed by atoms with van der Waals surface area (Å²) in [5.41, 5.74) is 1.36. The summed E-state index contributed by atoms with van der Waals surface area (Å²) in [5, 5.41) is 5.99. The number of nitrogens with one attached hydrogen (secondary N) is 3. The highest BCUT2D eigenvalue weighted by Gasteiger charge is 2.21. The molecule has 1 heterocycles. The number of carbonyl (C=O) groups is 1. The van der Waals surface area contributed by atoms with Crippen molar-refractivity contribution in [2.24, 2.45) is 0 Å². The number of carbonyl (C=O) groups excluding carboxylic acids is 1. The standard InChI is InChI=1S/C14H21N3O3S/c1-10-6-7-11(21(19,20)15-2)9-13(10)17-14(18)12-5-3-4-8-16-12/h6-7,9,12,15-16H,3-5,8H2,1-2H3,(H,17,18)/t12-/m0/s1. The highest BCUT2D eigenvalue weighted by Crippen LogP contribution is 2.21. The summed E-state index contributed by atoms with van der Waals surface area (Å²) in [6, 6.07) is 4.49. The van der Waals surface area contributed by atoms with Gasteiger partial charge in [0.05, 0.1) is 10.9 Å². The minimum absolute atomic E-state index is 0.114. The molecule has 0 spiro atoms. The summed E-state index contributed by atoms with van der Waals surface area (Å²) in [5.74, 6) is -0.114. The van der Waals surface area contributed by atoms with Gasteiger partial charge in [0, 0.05) is 5.69 Å². The van der Waals surface area contributed by atoms with E-state index < -0.39 is 10.0 Å². The van der Waals surface area contributed by atoms with E-state index in [-0.39, 0.29) is 16.8 Å². The molecular weight excluding hydrogens is 290 g/mol. The van der Waals surface area contributed by atoms with Crippen LogP contribution in [-0.2, 0) is 14.8 Å². The van der Waals surface area contributed by atoms with E-state index in [1.54, 1.807) is 6.07 Å². The molecule has 0 radical (unpaired) electrons. The number of amides is 1. The van der Waals surface area contributed by atoms with Gasteiger partial charge in [-0.05, 0) is 51.1 Å². The summed E-state index contributed by atoms with van der Waals surface area (Å²) in [6.07, 6.45) is 2.91. The van der Waals surface area contributed by atoms with Crippen LogP contribution in [0.3, 0.4) is 0 Å². The van der Waals surface area contributed by atoms with Crippen molar-refractivity contribution in [2.75, 3.05) is 18.9 Å². The third-order valence-electron chi connectivity index (χ3n) is 3.67. The fourth-order valence-electron chi connectivity index (χ4n) is 2.32. The second-order valence-corrected chi connectivity index (χ2v) is 7.06. The lowest BCUT2D eigenvalue weighted by Gasteiger charge is -2.23. The Kier molecular flexibility index (Phi) is 4.97. The van der Waals surface area contributed by atoms with Gasteiger partial charge in [0.25, 0.3) is 0 Å². The molecule has 0 aliphatic carbocycles. The highest BCUT2D eigenvalue weighted by atomic mass is 32.2. The van der Waals surface area contributed by atoms with Crippen molar-refractivity contribution in [3.05, 3.63) is 23.8 Å². The lowest BCUT2D eigenvalue weighted by molar-refractivity contribution is -0.118. The van der Waals surface area contributed by atoms with Crippen molar-refractivity contribution in [1.82, 2.24) is 10.0 Å². The third-order valence-corrected chi connectivity index (χ3v) is 5.08. The maximum Gasteiger partial charge on any atom is 0.241 e. The molecular formula is C14H21N3O3S. The van der Waals surface area contributed by atoms with Crippen LogP contribution in [0.1, 0.15) is 24.8 Å². The molecule has 1 amide bonds. The molecule has 21 heavy (non-hydrogen) atoms. The summed E-state index contributed by atoms with van der Waals surface area (Å²) < 4.78 is 25.9. The number of rotatable bonds is 4. The molecule has 3 N–H and O–H groups in total. The summed E-state index contributed by atoms with van der Waals surface area (Å²) in [4.78, 5) is 12.4. The van der Waals surface area contributed by atoms with Crippen LogP contribution in [0.15, 0.2) is 23.1 Å². The van der Waals surface area contributed by atoms with E-state index in [2.05, 4.69) is 15.4 Å². The summed E-state index contributed by atoms with van der Waals surface area (Å²) in [7, 11) is -2.15. The van der Waals surface area contributed by atoms with E-state index in [9.17, 15) is 13.2 Å². The molecule has 0 unspecified atom stereocenters. The van der Waals surface area contributed by atoms with Gasteiger partial charge in [0.2, 0.25) is 15.9 Å². The average Bonchev–Trinajstić information content (AvgIpc) is 2.50. The third kappa shape index (κ3) is 3.81. The Morgan fingerprint density at radius 3 is 2.71 bits per heavy atom. The topological polar surface area (TPSA) is 87.3 Å². The zero-order valence-electron chi connectivity index (χ0n) is 12.3. The van der Waals surface area contributed by atoms with Crippen LogP contribution in [0.2, 0.25) is 0 Å². The molecule has 0 aromatic heterocycles. The molecule has 6 nitrogen and oxygen atoms in total. The second-order valence-electron chi connectivity index (χ2n) is 5.18. The molecule has 0 saturated carbocycles. The van der Waals surface area contributed by atoms with E-state index >= 15 is 0 Å². The predicted molar refractivity (Wildman–Crippen MR) is 81.7 cm³/mol. The minimum Gasteiger partial charge on any atom is -0.324 e. The molecule has 2 rings (SSSR count). The first-order valence-corrected chi connectivity index (χ1v) is 8.51. The largest absolute Gasteiger partial charge is 0.324 e. The number of piperidine rings is 1. The number of anilines is 1. The SMILES string of the molecule is CNS(=O)(=O)c1ccc(C)c(NC(=O)[C@@H]2CCCCN2)c1. The van der Waals surface area contributed by atoms with Crippen LogP contribution in [0.5, 0.6) is 0 Å². The molecule has 1 atom stereocenters. The Labute approximate surface area is 125 Å². The monoisotopic (exact) mass is 311 g/mol. The van der Waals surface area contributed by atoms with Gasteiger partial charge in [-0.15, -0.1) is 0 Å². The minimum atomic E-state index is -3.52. The first-order valence-electron chi connectivity index (χ1n) is 7.02. The Morgan fingerprint density at radius 1 is 1.33 bits per heavy atom. The summed E-state index contributed by atoms with van der Waals surface area (Å²) >= 11 is 0. The molecule has 0 bridgehead atoms. The predicted octanol–water partition coefficient (Wildman–Crippen LogP) is 0.984. The van der Waals surface area contributed by atoms with Crippen LogP contribution < -0.4 is 15.4 Å². The number of sulfonamides is 1. The molecule has 1 fully saturated rings. The van der Waals surface area contributed by atoms with Gasteiger partial charge in [0.1, 0.15) is 0 Å². The average molecular weight is 311 g/mol. The van der Waals surface area contributed by atoms with Crippen molar-refractivity contribution in [3.8, 4) is 0 Å². The number of hydrogen-bond acceptors (Lipinski definition) is 4. The van der Waals surface area contributed by atoms with E-state index in [1.165, 1.54) is 19.2 Å². The van der Waals surface area contributed by atoms with E-state index in [4.69, 9.17) is 0 Å². The van der Waals surface area contributed by atoms with Crippen LogP contribution in [0.4, 0.5) is 5.69 Å². The molecule has 1 saturated heterocycles. The summed E-state index contributed by atoms with van der Waals surface area (Å²) in [6.45, 7) is 2.67. The fourth-order valence-corrected chi connectivity index (χ4v) is 3.07. The van der Waals surface area contributed by atoms with E-state index in [0.717, 1.165) is 31.4 Å². The lowest BCUT2D eigenvalue weighted by Crippen LogP contribution is -2.43. The molecule has 7 heteroatoms. The fraction of sp³-hybridized carbons (Fsp3) is 0.500. The van der Waals surface area contributed by atoms with Crippen molar-refractivity contribution in [2.45, 2.75) is 37.1 Å². The molecule has 1 aromatic carbocycles. The molecule has 1 aliphatic heterocycles. The molecule has 1 aromatic rings. The van der Waals surface area contributed by atoms with Gasteiger partial charge in [-0.25, -0.2) is 13.1 Å². The Morgan fingerprint density at radius 2 is 2.10 bits per heavy atom. The lowest BCUT2D eigenvalue weighted by atomic mass is 10.0. The highest BCUT2D eigenvalue weighted by molar-refractivity contribution is 7.89. The normalized spacial score (nSPS) is 19.2. The van der Waals surface area contributed by atoms with E-state index in [1.807, 2.05) is 6.92 Å². The van der Waals surface area contributed by atoms with Crippen molar-refractivity contribution >= 4 is 21.6 Å². The maximum atomic E-state index is 12.2. The van der Waals surface area contributed by atoms with Crippen LogP contribution in [0.25, 0.3) is 0 Å². The van der Waals surface area contributed by atoms with Crippen molar-refractivity contribution in [3.63, 3.8) is 0 Å². The zero-order valence-corrected chi connectivity index (χ0v) is 13.1. The van der Waals surface area contributed by atoms with Crippen LogP contribution in [0, 0.1) is 6.92 Å². The smallest absolute Gasteiger partial charge is 0.241 e. The van der Waals surface area contributed by atoms with Gasteiger partial charge in [-0.2, -0.15) is 0 Å². The first kappa shape index (κ1) is 15.9. The zero-order chi connectivity index (χ0) is 15.5. The number of hydrogen-bond donors (Lipinski definition) is 3. The Hall–Kier alpha value is -1.44. The van der Waals surface area contributed by atoms with Gasteiger partial charge >= 0.3 is 0 Å². The molecule has 1 aliphatic rings. The Bertz CT molecular complexity index is 622. The Balaban J connectivity index is 2.19. The number of aryl methyl sites for hydroxylation is 1. The van der Waals surface area contributed by atoms with Crippen molar-refractivity contribution in [1.29, 1.82) is 0 Å². The van der Waals surface area contributed by atoms with Gasteiger partial charge in [-0.1, -0.05) is 12.5 Å². The van der Waals surface area contributed by atoms with Gasteiger partial charge in [0.15, 0.2) is 0 Å². The van der Waals surface area contributed by atoms with Crippen molar-refractivity contribution < 1.29 is 13.2 Å². The van der Waals surface area contributed by atoms with Crippen LogP contribution in [-0.4, -0.2) is 34.0 Å². The molecule has 116 valence electrons. The van der Waals surface area contributed by atoms with E-state index in [0.29, 0.717) is 5.69 Å². The van der Waals surface area contributed by atoms with Gasteiger partial charge in [-0.3, -0.25) is 4.79 Å². The maximum absolute atomic E-state index is 12.2. The second kappa shape index (κ2) is 6.55. The van der Waals surface area contributed by atoms with Gasteiger partial charge < -0.3 is 10.6 Å². The quantitative estimate of drug-likeness (QED) is 0.773. The first-order chi connectivity index (χ1) is 9.94. The number of benzene rings is 1. The van der Waals surface area contributed by atoms with Crippen LogP contribution >= 0.6 is 0 Å².